The summed E-state index contributed by atoms with van der Waals surface area (Å²) in [5.41, 5.74) is 1.39. The fourth-order valence-electron chi connectivity index (χ4n) is 2.43. The van der Waals surface area contributed by atoms with E-state index in [9.17, 15) is 13.6 Å². The Kier molecular flexibility index (Phi) is 5.92. The van der Waals surface area contributed by atoms with Crippen molar-refractivity contribution in [1.82, 2.24) is 5.32 Å². The van der Waals surface area contributed by atoms with Crippen LogP contribution >= 0.6 is 0 Å². The number of hydrogen-bond acceptors (Lipinski definition) is 2. The number of carbonyl (C=O) groups excluding carboxylic acids is 1. The van der Waals surface area contributed by atoms with Gasteiger partial charge in [0, 0.05) is 12.6 Å². The van der Waals surface area contributed by atoms with Crippen molar-refractivity contribution in [1.29, 1.82) is 0 Å². The third kappa shape index (κ3) is 4.83. The quantitative estimate of drug-likeness (QED) is 0.813. The van der Waals surface area contributed by atoms with Crippen LogP contribution in [-0.4, -0.2) is 18.6 Å². The largest absolute Gasteiger partial charge is 0.481 e. The highest BCUT2D eigenvalue weighted by Gasteiger charge is 2.15. The first kappa shape index (κ1) is 16.5. The lowest BCUT2D eigenvalue weighted by Crippen LogP contribution is -2.37. The maximum absolute atomic E-state index is 13.1. The molecule has 0 fully saturated rings. The third-order valence-electron chi connectivity index (χ3n) is 3.70. The van der Waals surface area contributed by atoms with Crippen LogP contribution in [0.4, 0.5) is 8.78 Å². The molecule has 1 aromatic rings. The predicted molar refractivity (Wildman–Crippen MR) is 80.6 cm³/mol. The molecule has 0 saturated carbocycles. The smallest absolute Gasteiger partial charge is 0.260 e. The van der Waals surface area contributed by atoms with Crippen LogP contribution < -0.4 is 10.1 Å². The van der Waals surface area contributed by atoms with E-state index in [2.05, 4.69) is 11.4 Å². The molecule has 5 heteroatoms. The highest BCUT2D eigenvalue weighted by atomic mass is 19.2. The summed E-state index contributed by atoms with van der Waals surface area (Å²) in [4.78, 5) is 11.9. The number of carbonyl (C=O) groups is 1. The minimum Gasteiger partial charge on any atom is -0.481 e. The van der Waals surface area contributed by atoms with Crippen LogP contribution in [0.2, 0.25) is 0 Å². The molecule has 0 aliphatic heterocycles. The standard InChI is InChI=1S/C17H21F2NO2/c1-12(22-14-7-8-15(18)16(19)11-14)17(21)20-10-9-13-5-3-2-4-6-13/h5,7-8,11-12H,2-4,6,9-10H2,1H3,(H,20,21). The minimum atomic E-state index is -0.991. The van der Waals surface area contributed by atoms with Crippen LogP contribution in [0.3, 0.4) is 0 Å². The Morgan fingerprint density at radius 3 is 2.82 bits per heavy atom. The predicted octanol–water partition coefficient (Wildman–Crippen LogP) is 3.74. The second-order valence-corrected chi connectivity index (χ2v) is 5.49. The molecule has 0 bridgehead atoms. The molecule has 22 heavy (non-hydrogen) atoms. The molecular weight excluding hydrogens is 288 g/mol. The Labute approximate surface area is 129 Å². The van der Waals surface area contributed by atoms with Crippen molar-refractivity contribution in [2.75, 3.05) is 6.54 Å². The molecule has 1 N–H and O–H groups in total. The van der Waals surface area contributed by atoms with E-state index in [1.807, 2.05) is 0 Å². The average Bonchev–Trinajstić information content (AvgIpc) is 2.52. The molecule has 0 radical (unpaired) electrons. The zero-order valence-corrected chi connectivity index (χ0v) is 12.7. The summed E-state index contributed by atoms with van der Waals surface area (Å²) in [6.45, 7) is 2.15. The summed E-state index contributed by atoms with van der Waals surface area (Å²) in [5.74, 6) is -2.06. The van der Waals surface area contributed by atoms with E-state index >= 15 is 0 Å². The summed E-state index contributed by atoms with van der Waals surface area (Å²) in [6.07, 6.45) is 7.03. The van der Waals surface area contributed by atoms with E-state index in [1.54, 1.807) is 6.92 Å². The van der Waals surface area contributed by atoms with Crippen LogP contribution in [-0.2, 0) is 4.79 Å². The molecular formula is C17H21F2NO2. The molecule has 1 unspecified atom stereocenters. The summed E-state index contributed by atoms with van der Waals surface area (Å²) >= 11 is 0. The zero-order valence-electron chi connectivity index (χ0n) is 12.7. The SMILES string of the molecule is CC(Oc1ccc(F)c(F)c1)C(=O)NCCC1=CCCCC1. The Morgan fingerprint density at radius 1 is 1.32 bits per heavy atom. The Balaban J connectivity index is 1.76. The maximum atomic E-state index is 13.1. The molecule has 0 aromatic heterocycles. The van der Waals surface area contributed by atoms with Crippen LogP contribution in [0.15, 0.2) is 29.8 Å². The first-order valence-electron chi connectivity index (χ1n) is 7.63. The van der Waals surface area contributed by atoms with Gasteiger partial charge in [0.2, 0.25) is 0 Å². The molecule has 3 nitrogen and oxygen atoms in total. The number of allylic oxidation sites excluding steroid dienone is 1. The number of ether oxygens (including phenoxy) is 1. The number of benzene rings is 1. The van der Waals surface area contributed by atoms with Crippen molar-refractivity contribution in [2.45, 2.75) is 45.1 Å². The monoisotopic (exact) mass is 309 g/mol. The first-order valence-corrected chi connectivity index (χ1v) is 7.63. The van der Waals surface area contributed by atoms with Gasteiger partial charge in [-0.2, -0.15) is 0 Å². The van der Waals surface area contributed by atoms with Crippen LogP contribution in [0.1, 0.15) is 39.0 Å². The van der Waals surface area contributed by atoms with Gasteiger partial charge in [-0.1, -0.05) is 11.6 Å². The van der Waals surface area contributed by atoms with Gasteiger partial charge in [0.05, 0.1) is 0 Å². The van der Waals surface area contributed by atoms with Crippen molar-refractivity contribution < 1.29 is 18.3 Å². The van der Waals surface area contributed by atoms with Gasteiger partial charge in [0.25, 0.3) is 5.91 Å². The van der Waals surface area contributed by atoms with Gasteiger partial charge in [-0.25, -0.2) is 8.78 Å². The summed E-state index contributed by atoms with van der Waals surface area (Å²) in [7, 11) is 0. The first-order chi connectivity index (χ1) is 10.6. The fraction of sp³-hybridized carbons (Fsp3) is 0.471. The molecule has 1 aliphatic rings. The van der Waals surface area contributed by atoms with E-state index in [4.69, 9.17) is 4.74 Å². The Morgan fingerprint density at radius 2 is 2.14 bits per heavy atom. The number of rotatable bonds is 6. The van der Waals surface area contributed by atoms with E-state index in [0.29, 0.717) is 6.54 Å². The lowest BCUT2D eigenvalue weighted by molar-refractivity contribution is -0.127. The fourth-order valence-corrected chi connectivity index (χ4v) is 2.43. The zero-order chi connectivity index (χ0) is 15.9. The molecule has 2 rings (SSSR count). The van der Waals surface area contributed by atoms with Crippen LogP contribution in [0.25, 0.3) is 0 Å². The van der Waals surface area contributed by atoms with Gasteiger partial charge in [-0.15, -0.1) is 0 Å². The molecule has 0 spiro atoms. The number of amides is 1. The topological polar surface area (TPSA) is 38.3 Å². The second-order valence-electron chi connectivity index (χ2n) is 5.49. The van der Waals surface area contributed by atoms with Crippen molar-refractivity contribution >= 4 is 5.91 Å². The maximum Gasteiger partial charge on any atom is 0.260 e. The van der Waals surface area contributed by atoms with E-state index in [1.165, 1.54) is 24.5 Å². The van der Waals surface area contributed by atoms with Gasteiger partial charge < -0.3 is 10.1 Å². The molecule has 1 atom stereocenters. The van der Waals surface area contributed by atoms with E-state index in [-0.39, 0.29) is 11.7 Å². The van der Waals surface area contributed by atoms with Crippen molar-refractivity contribution in [3.63, 3.8) is 0 Å². The van der Waals surface area contributed by atoms with Gasteiger partial charge in [0.1, 0.15) is 5.75 Å². The Bertz CT molecular complexity index is 558. The van der Waals surface area contributed by atoms with E-state index < -0.39 is 17.7 Å². The third-order valence-corrected chi connectivity index (χ3v) is 3.70. The van der Waals surface area contributed by atoms with Gasteiger partial charge in [0.15, 0.2) is 17.7 Å². The van der Waals surface area contributed by atoms with Crippen molar-refractivity contribution in [3.05, 3.63) is 41.5 Å². The molecule has 120 valence electrons. The highest BCUT2D eigenvalue weighted by molar-refractivity contribution is 5.80. The second kappa shape index (κ2) is 7.92. The summed E-state index contributed by atoms with van der Waals surface area (Å²) in [5, 5.41) is 2.80. The lowest BCUT2D eigenvalue weighted by Gasteiger charge is -2.16. The molecule has 1 aliphatic carbocycles. The van der Waals surface area contributed by atoms with Crippen LogP contribution in [0.5, 0.6) is 5.75 Å². The van der Waals surface area contributed by atoms with Crippen molar-refractivity contribution in [3.8, 4) is 5.75 Å². The molecule has 1 aromatic carbocycles. The highest BCUT2D eigenvalue weighted by Crippen LogP contribution is 2.19. The number of nitrogens with one attached hydrogen (secondary N) is 1. The summed E-state index contributed by atoms with van der Waals surface area (Å²) in [6, 6.07) is 3.21. The average molecular weight is 309 g/mol. The molecule has 0 heterocycles. The number of hydrogen-bond donors (Lipinski definition) is 1. The van der Waals surface area contributed by atoms with Gasteiger partial charge in [-0.05, 0) is 51.2 Å². The summed E-state index contributed by atoms with van der Waals surface area (Å²) < 4.78 is 31.2. The van der Waals surface area contributed by atoms with Crippen molar-refractivity contribution in [2.24, 2.45) is 0 Å². The van der Waals surface area contributed by atoms with E-state index in [0.717, 1.165) is 31.4 Å². The molecule has 0 saturated heterocycles. The normalized spacial score (nSPS) is 15.9. The van der Waals surface area contributed by atoms with Gasteiger partial charge in [-0.3, -0.25) is 4.79 Å². The number of halogens is 2. The molecule has 1 amide bonds. The Hall–Kier alpha value is -1.91. The van der Waals surface area contributed by atoms with Gasteiger partial charge >= 0.3 is 0 Å². The minimum absolute atomic E-state index is 0.136. The lowest BCUT2D eigenvalue weighted by atomic mass is 9.97. The van der Waals surface area contributed by atoms with Crippen LogP contribution in [0, 0.1) is 11.6 Å².